The summed E-state index contributed by atoms with van der Waals surface area (Å²) in [5, 5.41) is 14.7. The minimum absolute atomic E-state index is 0.0203. The monoisotopic (exact) mass is 708 g/mol. The van der Waals surface area contributed by atoms with Gasteiger partial charge in [0, 0.05) is 33.2 Å². The number of nitrogens with one attached hydrogen (secondary N) is 1. The molecule has 3 rings (SSSR count). The smallest absolute Gasteiger partial charge is 0.273 e. The second-order valence-corrected chi connectivity index (χ2v) is 14.3. The number of nitrogens with zero attached hydrogens (tertiary/aromatic N) is 3. The zero-order chi connectivity index (χ0) is 33.0. The molecule has 0 heterocycles. The van der Waals surface area contributed by atoms with Gasteiger partial charge in [0.15, 0.2) is 0 Å². The topological polar surface area (TPSA) is 139 Å². The summed E-state index contributed by atoms with van der Waals surface area (Å²) in [6.07, 6.45) is 0. The molecule has 1 N–H and O–H groups in total. The Morgan fingerprint density at radius 3 is 2.39 bits per heavy atom. The van der Waals surface area contributed by atoms with Gasteiger partial charge < -0.3 is 15.0 Å². The van der Waals surface area contributed by atoms with Gasteiger partial charge in [0.25, 0.3) is 15.7 Å². The number of nitro benzene ring substituents is 1. The summed E-state index contributed by atoms with van der Waals surface area (Å²) in [5.41, 5.74) is -0.118. The van der Waals surface area contributed by atoms with Gasteiger partial charge in [-0.2, -0.15) is 0 Å². The summed E-state index contributed by atoms with van der Waals surface area (Å²) >= 11 is 9.67. The average Bonchev–Trinajstić information content (AvgIpc) is 2.93. The lowest BCUT2D eigenvalue weighted by Crippen LogP contribution is -2.54. The third kappa shape index (κ3) is 8.48. The number of amides is 2. The number of hydrogen-bond acceptors (Lipinski definition) is 7. The molecule has 0 saturated carbocycles. The SMILES string of the molecule is COc1ccc(Cl)cc1N(CC(=O)N(Cc1cccc(Br)c1)C(C)C(=O)NC(C)(C)C)S(=O)(=O)c1ccc(C)c([N+](=O)[O-])c1. The summed E-state index contributed by atoms with van der Waals surface area (Å²) < 4.78 is 35.4. The molecular weight excluding hydrogens is 676 g/mol. The number of carbonyl (C=O) groups excluding carboxylic acids is 2. The molecule has 0 spiro atoms. The zero-order valence-electron chi connectivity index (χ0n) is 25.1. The second-order valence-electron chi connectivity index (χ2n) is 11.1. The van der Waals surface area contributed by atoms with Crippen LogP contribution in [0.25, 0.3) is 0 Å². The predicted octanol–water partition coefficient (Wildman–Crippen LogP) is 5.86. The van der Waals surface area contributed by atoms with Gasteiger partial charge in [-0.15, -0.1) is 0 Å². The number of anilines is 1. The van der Waals surface area contributed by atoms with E-state index in [2.05, 4.69) is 21.2 Å². The van der Waals surface area contributed by atoms with Gasteiger partial charge in [0.1, 0.15) is 18.3 Å². The molecule has 0 bridgehead atoms. The standard InChI is InChI=1S/C30H34BrClN4O7S/c1-19-10-12-24(16-25(19)36(39)40)44(41,42)35(26-15-23(32)11-13-27(26)43-6)18-28(37)34(17-21-8-7-9-22(31)14-21)20(2)29(38)33-30(3,4)5/h7-16,20H,17-18H2,1-6H3,(H,33,38). The number of aryl methyl sites for hydroxylation is 1. The maximum atomic E-state index is 14.2. The first-order valence-electron chi connectivity index (χ1n) is 13.4. The Balaban J connectivity index is 2.17. The molecule has 11 nitrogen and oxygen atoms in total. The largest absolute Gasteiger partial charge is 0.495 e. The van der Waals surface area contributed by atoms with E-state index < -0.39 is 55.5 Å². The van der Waals surface area contributed by atoms with Crippen LogP contribution in [0.15, 0.2) is 70.0 Å². The van der Waals surface area contributed by atoms with E-state index in [1.54, 1.807) is 45.9 Å². The first-order chi connectivity index (χ1) is 20.4. The van der Waals surface area contributed by atoms with Gasteiger partial charge in [-0.05, 0) is 76.6 Å². The molecule has 0 aliphatic carbocycles. The third-order valence-corrected chi connectivity index (χ3v) is 9.05. The minimum Gasteiger partial charge on any atom is -0.495 e. The van der Waals surface area contributed by atoms with E-state index in [1.165, 1.54) is 49.3 Å². The predicted molar refractivity (Wildman–Crippen MR) is 172 cm³/mol. The van der Waals surface area contributed by atoms with Crippen molar-refractivity contribution in [2.45, 2.75) is 57.6 Å². The highest BCUT2D eigenvalue weighted by Gasteiger charge is 2.35. The Morgan fingerprint density at radius 2 is 1.80 bits per heavy atom. The first kappa shape index (κ1) is 34.8. The molecule has 0 aromatic heterocycles. The normalized spacial score (nSPS) is 12.3. The van der Waals surface area contributed by atoms with Crippen LogP contribution in [0.1, 0.15) is 38.8 Å². The summed E-state index contributed by atoms with van der Waals surface area (Å²) in [4.78, 5) is 39.3. The van der Waals surface area contributed by atoms with Crippen LogP contribution in [0.3, 0.4) is 0 Å². The van der Waals surface area contributed by atoms with Crippen molar-refractivity contribution in [1.29, 1.82) is 0 Å². The fourth-order valence-corrected chi connectivity index (χ4v) is 6.38. The zero-order valence-corrected chi connectivity index (χ0v) is 28.3. The Morgan fingerprint density at radius 1 is 1.11 bits per heavy atom. The summed E-state index contributed by atoms with van der Waals surface area (Å²) in [5.74, 6) is -1.07. The molecule has 0 aliphatic rings. The van der Waals surface area contributed by atoms with Crippen LogP contribution in [0, 0.1) is 17.0 Å². The number of nitro groups is 1. The second kappa shape index (κ2) is 14.0. The van der Waals surface area contributed by atoms with Crippen LogP contribution in [0.2, 0.25) is 5.02 Å². The Kier molecular flexibility index (Phi) is 11.0. The van der Waals surface area contributed by atoms with Crippen LogP contribution < -0.4 is 14.4 Å². The lowest BCUT2D eigenvalue weighted by molar-refractivity contribution is -0.385. The Bertz CT molecular complexity index is 1680. The van der Waals surface area contributed by atoms with Crippen molar-refractivity contribution in [3.63, 3.8) is 0 Å². The number of carbonyl (C=O) groups is 2. The van der Waals surface area contributed by atoms with Crippen molar-refractivity contribution in [2.75, 3.05) is 18.0 Å². The van der Waals surface area contributed by atoms with E-state index in [0.717, 1.165) is 14.8 Å². The highest BCUT2D eigenvalue weighted by Crippen LogP contribution is 2.36. The van der Waals surface area contributed by atoms with Crippen LogP contribution in [0.5, 0.6) is 5.75 Å². The van der Waals surface area contributed by atoms with Gasteiger partial charge in [0.05, 0.1) is 22.6 Å². The van der Waals surface area contributed by atoms with Gasteiger partial charge in [-0.25, -0.2) is 8.42 Å². The number of rotatable bonds is 11. The highest BCUT2D eigenvalue weighted by atomic mass is 79.9. The lowest BCUT2D eigenvalue weighted by Gasteiger charge is -2.33. The Hall–Kier alpha value is -3.68. The van der Waals surface area contributed by atoms with Gasteiger partial charge in [-0.1, -0.05) is 45.7 Å². The van der Waals surface area contributed by atoms with E-state index in [4.69, 9.17) is 16.3 Å². The molecule has 3 aromatic rings. The van der Waals surface area contributed by atoms with Crippen LogP contribution in [-0.2, 0) is 26.2 Å². The van der Waals surface area contributed by atoms with E-state index >= 15 is 0 Å². The van der Waals surface area contributed by atoms with Crippen LogP contribution >= 0.6 is 27.5 Å². The maximum Gasteiger partial charge on any atom is 0.273 e. The van der Waals surface area contributed by atoms with E-state index in [-0.39, 0.29) is 28.6 Å². The maximum absolute atomic E-state index is 14.2. The molecule has 1 atom stereocenters. The molecule has 1 unspecified atom stereocenters. The van der Waals surface area contributed by atoms with E-state index in [9.17, 15) is 28.1 Å². The molecule has 0 saturated heterocycles. The van der Waals surface area contributed by atoms with Crippen LogP contribution in [-0.4, -0.2) is 55.3 Å². The molecule has 44 heavy (non-hydrogen) atoms. The van der Waals surface area contributed by atoms with Crippen molar-refractivity contribution < 1.29 is 27.7 Å². The lowest BCUT2D eigenvalue weighted by atomic mass is 10.1. The Labute approximate surface area is 270 Å². The fraction of sp³-hybridized carbons (Fsp3) is 0.333. The van der Waals surface area contributed by atoms with Crippen molar-refractivity contribution in [1.82, 2.24) is 10.2 Å². The van der Waals surface area contributed by atoms with Crippen molar-refractivity contribution >= 4 is 60.7 Å². The number of ether oxygens (including phenoxy) is 1. The fourth-order valence-electron chi connectivity index (χ4n) is 4.33. The minimum atomic E-state index is -4.62. The molecule has 3 aromatic carbocycles. The molecule has 0 radical (unpaired) electrons. The van der Waals surface area contributed by atoms with Gasteiger partial charge in [0.2, 0.25) is 11.8 Å². The quantitative estimate of drug-likeness (QED) is 0.195. The number of methoxy groups -OCH3 is 1. The summed E-state index contributed by atoms with van der Waals surface area (Å²) in [6.45, 7) is 7.66. The molecule has 236 valence electrons. The summed E-state index contributed by atoms with van der Waals surface area (Å²) in [6, 6.07) is 13.9. The average molecular weight is 710 g/mol. The van der Waals surface area contributed by atoms with E-state index in [1.807, 2.05) is 6.07 Å². The number of benzene rings is 3. The molecule has 2 amide bonds. The number of sulfonamides is 1. The summed E-state index contributed by atoms with van der Waals surface area (Å²) in [7, 11) is -3.30. The molecule has 0 aliphatic heterocycles. The first-order valence-corrected chi connectivity index (χ1v) is 16.0. The van der Waals surface area contributed by atoms with Gasteiger partial charge in [-0.3, -0.25) is 24.0 Å². The third-order valence-electron chi connectivity index (χ3n) is 6.56. The molecular formula is C30H34BrClN4O7S. The molecule has 0 fully saturated rings. The number of halogens is 2. The van der Waals surface area contributed by atoms with Crippen molar-refractivity contribution in [2.24, 2.45) is 0 Å². The van der Waals surface area contributed by atoms with Crippen molar-refractivity contribution in [3.8, 4) is 5.75 Å². The highest BCUT2D eigenvalue weighted by molar-refractivity contribution is 9.10. The molecule has 14 heteroatoms. The van der Waals surface area contributed by atoms with Crippen LogP contribution in [0.4, 0.5) is 11.4 Å². The van der Waals surface area contributed by atoms with E-state index in [0.29, 0.717) is 5.56 Å². The van der Waals surface area contributed by atoms with Crippen molar-refractivity contribution in [3.05, 3.63) is 91.4 Å². The van der Waals surface area contributed by atoms with Gasteiger partial charge >= 0.3 is 0 Å². The number of hydrogen-bond donors (Lipinski definition) is 1.